The zero-order valence-corrected chi connectivity index (χ0v) is 15.4. The number of hydrogen-bond donors (Lipinski definition) is 1. The van der Waals surface area contributed by atoms with Gasteiger partial charge in [0.2, 0.25) is 5.91 Å². The molecule has 0 spiro atoms. The van der Waals surface area contributed by atoms with Crippen LogP contribution < -0.4 is 5.32 Å². The van der Waals surface area contributed by atoms with E-state index in [1.807, 2.05) is 61.2 Å². The lowest BCUT2D eigenvalue weighted by molar-refractivity contribution is -0.133. The summed E-state index contributed by atoms with van der Waals surface area (Å²) in [5, 5.41) is 4.16. The van der Waals surface area contributed by atoms with Gasteiger partial charge in [-0.05, 0) is 31.5 Å². The summed E-state index contributed by atoms with van der Waals surface area (Å²) in [6, 6.07) is 15.6. The van der Waals surface area contributed by atoms with Crippen LogP contribution in [0.4, 0.5) is 5.69 Å². The van der Waals surface area contributed by atoms with Crippen molar-refractivity contribution in [3.05, 3.63) is 64.1 Å². The van der Waals surface area contributed by atoms with Gasteiger partial charge in [-0.25, -0.2) is 0 Å². The molecular weight excluding hydrogens is 343 g/mol. The van der Waals surface area contributed by atoms with Crippen LogP contribution in [0.1, 0.15) is 25.8 Å². The summed E-state index contributed by atoms with van der Waals surface area (Å²) >= 11 is 12.1. The Morgan fingerprint density at radius 3 is 2.46 bits per heavy atom. The van der Waals surface area contributed by atoms with Gasteiger partial charge in [-0.2, -0.15) is 0 Å². The molecule has 0 atom stereocenters. The lowest BCUT2D eigenvalue weighted by atomic mass is 10.1. The Kier molecular flexibility index (Phi) is 6.95. The Bertz CT molecular complexity index is 674. The molecular formula is C19H22Cl2N2O. The van der Waals surface area contributed by atoms with Crippen molar-refractivity contribution in [2.24, 2.45) is 0 Å². The van der Waals surface area contributed by atoms with Crippen molar-refractivity contribution in [3.63, 3.8) is 0 Å². The second kappa shape index (κ2) is 8.95. The molecule has 1 N–H and O–H groups in total. The molecule has 2 rings (SSSR count). The summed E-state index contributed by atoms with van der Waals surface area (Å²) in [4.78, 5) is 14.4. The van der Waals surface area contributed by atoms with E-state index in [0.717, 1.165) is 11.3 Å². The summed E-state index contributed by atoms with van der Waals surface area (Å²) in [7, 11) is 0. The van der Waals surface area contributed by atoms with Crippen LogP contribution in [-0.2, 0) is 11.3 Å². The Morgan fingerprint density at radius 2 is 1.79 bits per heavy atom. The van der Waals surface area contributed by atoms with E-state index < -0.39 is 0 Å². The van der Waals surface area contributed by atoms with Crippen LogP contribution in [0.3, 0.4) is 0 Å². The number of nitrogens with zero attached hydrogens (tertiary/aromatic N) is 1. The highest BCUT2D eigenvalue weighted by molar-refractivity contribution is 6.43. The van der Waals surface area contributed by atoms with Gasteiger partial charge < -0.3 is 10.2 Å². The normalized spacial score (nSPS) is 10.7. The molecule has 0 aromatic heterocycles. The van der Waals surface area contributed by atoms with E-state index in [2.05, 4.69) is 5.32 Å². The number of amides is 1. The summed E-state index contributed by atoms with van der Waals surface area (Å²) in [5.74, 6) is 0.111. The summed E-state index contributed by atoms with van der Waals surface area (Å²) < 4.78 is 0. The monoisotopic (exact) mass is 364 g/mol. The summed E-state index contributed by atoms with van der Waals surface area (Å²) in [6.07, 6.45) is 0.397. The van der Waals surface area contributed by atoms with Gasteiger partial charge in [0.25, 0.3) is 0 Å². The topological polar surface area (TPSA) is 32.3 Å². The van der Waals surface area contributed by atoms with E-state index in [1.165, 1.54) is 0 Å². The molecule has 0 fully saturated rings. The van der Waals surface area contributed by atoms with Gasteiger partial charge >= 0.3 is 0 Å². The number of benzene rings is 2. The maximum Gasteiger partial charge on any atom is 0.224 e. The van der Waals surface area contributed by atoms with Crippen molar-refractivity contribution >= 4 is 34.8 Å². The van der Waals surface area contributed by atoms with Crippen molar-refractivity contribution in [1.29, 1.82) is 0 Å². The third kappa shape index (κ3) is 5.15. The van der Waals surface area contributed by atoms with Gasteiger partial charge in [0.05, 0.1) is 15.7 Å². The molecule has 5 heteroatoms. The molecule has 0 saturated carbocycles. The fraction of sp³-hybridized carbons (Fsp3) is 0.316. The van der Waals surface area contributed by atoms with Gasteiger partial charge in [-0.15, -0.1) is 0 Å². The first-order chi connectivity index (χ1) is 11.5. The average molecular weight is 365 g/mol. The SMILES string of the molecule is CC(C)N(Cc1ccccc1)C(=O)CCNc1cccc(Cl)c1Cl. The predicted molar refractivity (Wildman–Crippen MR) is 102 cm³/mol. The molecule has 24 heavy (non-hydrogen) atoms. The molecule has 0 aliphatic rings. The summed E-state index contributed by atoms with van der Waals surface area (Å²) in [5.41, 5.74) is 1.88. The molecule has 0 bridgehead atoms. The molecule has 2 aromatic rings. The number of anilines is 1. The zero-order valence-electron chi connectivity index (χ0n) is 13.9. The van der Waals surface area contributed by atoms with Crippen LogP contribution in [0.15, 0.2) is 48.5 Å². The lowest BCUT2D eigenvalue weighted by Crippen LogP contribution is -2.37. The highest BCUT2D eigenvalue weighted by Crippen LogP contribution is 2.29. The van der Waals surface area contributed by atoms with Gasteiger partial charge in [0.15, 0.2) is 0 Å². The van der Waals surface area contributed by atoms with E-state index in [9.17, 15) is 4.79 Å². The number of nitrogens with one attached hydrogen (secondary N) is 1. The van der Waals surface area contributed by atoms with Crippen molar-refractivity contribution in [2.75, 3.05) is 11.9 Å². The van der Waals surface area contributed by atoms with Gasteiger partial charge in [0, 0.05) is 25.6 Å². The smallest absolute Gasteiger partial charge is 0.224 e. The Morgan fingerprint density at radius 1 is 1.08 bits per heavy atom. The third-order valence-corrected chi connectivity index (χ3v) is 4.56. The molecule has 0 unspecified atom stereocenters. The maximum absolute atomic E-state index is 12.6. The number of rotatable bonds is 7. The predicted octanol–water partition coefficient (Wildman–Crippen LogP) is 5.23. The van der Waals surface area contributed by atoms with Gasteiger partial charge in [-0.1, -0.05) is 59.6 Å². The quantitative estimate of drug-likeness (QED) is 0.728. The van der Waals surface area contributed by atoms with E-state index >= 15 is 0 Å². The lowest BCUT2D eigenvalue weighted by Gasteiger charge is -2.27. The largest absolute Gasteiger partial charge is 0.383 e. The molecule has 0 aliphatic carbocycles. The highest BCUT2D eigenvalue weighted by Gasteiger charge is 2.17. The molecule has 0 radical (unpaired) electrons. The second-order valence-electron chi connectivity index (χ2n) is 5.88. The van der Waals surface area contributed by atoms with Crippen LogP contribution in [-0.4, -0.2) is 23.4 Å². The molecule has 0 aliphatic heterocycles. The van der Waals surface area contributed by atoms with E-state index in [0.29, 0.717) is 29.6 Å². The Hall–Kier alpha value is -1.71. The Labute approximate surface area is 153 Å². The van der Waals surface area contributed by atoms with Crippen molar-refractivity contribution < 1.29 is 4.79 Å². The first kappa shape index (κ1) is 18.6. The molecule has 3 nitrogen and oxygen atoms in total. The fourth-order valence-electron chi connectivity index (χ4n) is 2.43. The Balaban J connectivity index is 1.92. The minimum absolute atomic E-state index is 0.111. The fourth-order valence-corrected chi connectivity index (χ4v) is 2.79. The maximum atomic E-state index is 12.6. The number of carbonyl (C=O) groups is 1. The zero-order chi connectivity index (χ0) is 17.5. The standard InChI is InChI=1S/C19H22Cl2N2O/c1-14(2)23(13-15-7-4-3-5-8-15)18(24)11-12-22-17-10-6-9-16(20)19(17)21/h3-10,14,22H,11-13H2,1-2H3. The molecule has 0 heterocycles. The van der Waals surface area contributed by atoms with Crippen molar-refractivity contribution in [2.45, 2.75) is 32.9 Å². The average Bonchev–Trinajstić information content (AvgIpc) is 2.57. The number of hydrogen-bond acceptors (Lipinski definition) is 2. The highest BCUT2D eigenvalue weighted by atomic mass is 35.5. The van der Waals surface area contributed by atoms with Crippen molar-refractivity contribution in [3.8, 4) is 0 Å². The minimum atomic E-state index is 0.111. The molecule has 2 aromatic carbocycles. The molecule has 128 valence electrons. The van der Waals surface area contributed by atoms with Crippen LogP contribution in [0.2, 0.25) is 10.0 Å². The van der Waals surface area contributed by atoms with Gasteiger partial charge in [0.1, 0.15) is 0 Å². The van der Waals surface area contributed by atoms with Crippen LogP contribution >= 0.6 is 23.2 Å². The second-order valence-corrected chi connectivity index (χ2v) is 6.66. The van der Waals surface area contributed by atoms with Crippen molar-refractivity contribution in [1.82, 2.24) is 4.90 Å². The van der Waals surface area contributed by atoms with Crippen LogP contribution in [0.5, 0.6) is 0 Å². The third-order valence-electron chi connectivity index (χ3n) is 3.75. The minimum Gasteiger partial charge on any atom is -0.383 e. The first-order valence-corrected chi connectivity index (χ1v) is 8.76. The van der Waals surface area contributed by atoms with Crippen LogP contribution in [0, 0.1) is 0 Å². The molecule has 1 amide bonds. The van der Waals surface area contributed by atoms with E-state index in [-0.39, 0.29) is 11.9 Å². The van der Waals surface area contributed by atoms with Crippen LogP contribution in [0.25, 0.3) is 0 Å². The van der Waals surface area contributed by atoms with E-state index in [1.54, 1.807) is 6.07 Å². The first-order valence-electron chi connectivity index (χ1n) is 8.00. The molecule has 0 saturated heterocycles. The van der Waals surface area contributed by atoms with Gasteiger partial charge in [-0.3, -0.25) is 4.79 Å². The summed E-state index contributed by atoms with van der Waals surface area (Å²) in [6.45, 7) is 5.19. The number of halogens is 2. The van der Waals surface area contributed by atoms with E-state index in [4.69, 9.17) is 23.2 Å². The number of carbonyl (C=O) groups excluding carboxylic acids is 1.